The standard InChI is InChI=1S/C59H94O28/c1-23-34(65)39(70)44(75)49(80-23)85-46-35(66)26(63)20-78-51(46)86-47-42(73)38(69)29(21-79-48-43(74)40(71)36(67)27(18-60)81-48)83-52(47)87-53(77)59-15-14-54(2,3)16-25(59)24-8-9-31-55(4)12-11-33(84-50-45(76)41(72)37(68)28(19-61)82-50)56(5,22-62)30(55)10-13-57(31,6)58(24,7)17-32(59)64/h8,22-23,25-52,60-61,63-76H,9-21H2,1-7H3/t23-,25-,26-,27+,28+,29+,30+,31+,32+,33-,34-,35-,36+,37+,38+,39+,40-,41-,42-,43+,44+,45+,46+,47+,48+,49-,50-,51-,52-,55-,56-,57+,58+,59+/m0/s1. The largest absolute Gasteiger partial charge is 0.432 e. The number of rotatable bonds is 14. The lowest BCUT2D eigenvalue weighted by Gasteiger charge is -2.71. The Morgan fingerprint density at radius 2 is 1.15 bits per heavy atom. The van der Waals surface area contributed by atoms with Gasteiger partial charge in [-0.25, -0.2) is 0 Å². The van der Waals surface area contributed by atoms with Crippen LogP contribution in [0.15, 0.2) is 11.6 Å². The van der Waals surface area contributed by atoms with Crippen LogP contribution in [0.4, 0.5) is 0 Å². The number of aldehydes is 1. The Kier molecular flexibility index (Phi) is 19.5. The van der Waals surface area contributed by atoms with E-state index in [2.05, 4.69) is 40.7 Å². The van der Waals surface area contributed by atoms with Gasteiger partial charge >= 0.3 is 5.97 Å². The van der Waals surface area contributed by atoms with Crippen LogP contribution in [0.3, 0.4) is 0 Å². The van der Waals surface area contributed by atoms with Gasteiger partial charge in [0.15, 0.2) is 31.3 Å². The minimum absolute atomic E-state index is 0.0728. The van der Waals surface area contributed by atoms with Crippen LogP contribution in [0.2, 0.25) is 0 Å². The molecule has 16 N–H and O–H groups in total. The lowest BCUT2D eigenvalue weighted by molar-refractivity contribution is -0.382. The molecule has 498 valence electrons. The lowest BCUT2D eigenvalue weighted by atomic mass is 9.33. The fraction of sp³-hybridized carbons (Fsp3) is 0.932. The van der Waals surface area contributed by atoms with Gasteiger partial charge < -0.3 is 134 Å². The first-order valence-corrected chi connectivity index (χ1v) is 30.7. The van der Waals surface area contributed by atoms with Crippen LogP contribution < -0.4 is 0 Å². The summed E-state index contributed by atoms with van der Waals surface area (Å²) in [4.78, 5) is 29.5. The summed E-state index contributed by atoms with van der Waals surface area (Å²) in [6.45, 7) is 11.1. The average Bonchev–Trinajstić information content (AvgIpc) is 0.704. The number of esters is 1. The number of carbonyl (C=O) groups excluding carboxylic acids is 2. The summed E-state index contributed by atoms with van der Waals surface area (Å²) in [5.74, 6) is -1.99. The van der Waals surface area contributed by atoms with Crippen LogP contribution in [0, 0.1) is 50.2 Å². The predicted octanol–water partition coefficient (Wildman–Crippen LogP) is -4.39. The van der Waals surface area contributed by atoms with Crippen molar-refractivity contribution < 1.29 is 139 Å². The molecule has 10 aliphatic rings. The van der Waals surface area contributed by atoms with Gasteiger partial charge in [0, 0.05) is 0 Å². The van der Waals surface area contributed by atoms with Gasteiger partial charge in [0.25, 0.3) is 0 Å². The zero-order chi connectivity index (χ0) is 63.6. The van der Waals surface area contributed by atoms with Crippen molar-refractivity contribution in [2.45, 2.75) is 266 Å². The van der Waals surface area contributed by atoms with E-state index >= 15 is 4.79 Å². The van der Waals surface area contributed by atoms with Crippen LogP contribution >= 0.6 is 0 Å². The number of hydrogen-bond donors (Lipinski definition) is 16. The maximum atomic E-state index is 15.9. The number of fused-ring (bicyclic) bond motifs is 7. The molecule has 5 saturated heterocycles. The molecule has 0 radical (unpaired) electrons. The average molecular weight is 1250 g/mol. The van der Waals surface area contributed by atoms with Crippen molar-refractivity contribution in [3.8, 4) is 0 Å². The van der Waals surface area contributed by atoms with Crippen molar-refractivity contribution >= 4 is 12.3 Å². The molecule has 0 amide bonds. The second-order valence-corrected chi connectivity index (χ2v) is 28.4. The number of aliphatic hydroxyl groups excluding tert-OH is 16. The maximum absolute atomic E-state index is 15.9. The zero-order valence-corrected chi connectivity index (χ0v) is 50.1. The van der Waals surface area contributed by atoms with Crippen LogP contribution in [0.25, 0.3) is 0 Å². The lowest BCUT2D eigenvalue weighted by Crippen LogP contribution is -2.69. The van der Waals surface area contributed by atoms with E-state index in [1.54, 1.807) is 0 Å². The molecule has 5 aliphatic carbocycles. The summed E-state index contributed by atoms with van der Waals surface area (Å²) >= 11 is 0. The van der Waals surface area contributed by atoms with E-state index in [4.69, 9.17) is 47.4 Å². The Balaban J connectivity index is 0.954. The SMILES string of the molecule is C[C@@H]1O[C@@H](O[C@H]2[C@H](O[C@H]3[C@H](OC(=O)[C@]45CCC(C)(C)C[C@H]4C4=CC[C@@H]6[C@@]7(C)CC[C@H](O[C@@H]8O[C@H](CO)[C@@H](O)[C@H](O)[C@H]8O)[C@@](C)(C=O)[C@@H]7CC[C@@]6(C)[C@]4(C)C[C@H]5O)O[C@H](CO[C@@H]4O[C@H](CO)[C@@H](O)[C@H](O)[C@H]4O)[C@@H](O)[C@@H]3O)OC[C@H](O)[C@@H]2O)[C@H](O)[C@H](O)[C@H]1O. The molecule has 0 aromatic carbocycles. The molecule has 87 heavy (non-hydrogen) atoms. The molecule has 4 saturated carbocycles. The highest BCUT2D eigenvalue weighted by Crippen LogP contribution is 2.76. The molecule has 28 heteroatoms. The first-order valence-electron chi connectivity index (χ1n) is 30.7. The monoisotopic (exact) mass is 1250 g/mol. The van der Waals surface area contributed by atoms with Crippen molar-refractivity contribution in [1.29, 1.82) is 0 Å². The molecule has 5 aliphatic heterocycles. The zero-order valence-electron chi connectivity index (χ0n) is 50.1. The van der Waals surface area contributed by atoms with Crippen LogP contribution in [0.1, 0.15) is 106 Å². The second kappa shape index (κ2) is 25.0. The Hall–Kier alpha value is -2.12. The van der Waals surface area contributed by atoms with Crippen molar-refractivity contribution in [3.63, 3.8) is 0 Å². The van der Waals surface area contributed by atoms with Gasteiger partial charge in [-0.15, -0.1) is 0 Å². The molecule has 28 nitrogen and oxygen atoms in total. The Morgan fingerprint density at radius 1 is 0.586 bits per heavy atom. The third-order valence-corrected chi connectivity index (χ3v) is 23.1. The van der Waals surface area contributed by atoms with Gasteiger partial charge in [0.1, 0.15) is 115 Å². The molecular formula is C59H94O28. The third-order valence-electron chi connectivity index (χ3n) is 23.1. The highest BCUT2D eigenvalue weighted by atomic mass is 16.8. The molecular weight excluding hydrogens is 1160 g/mol. The maximum Gasteiger partial charge on any atom is 0.317 e. The van der Waals surface area contributed by atoms with Gasteiger partial charge in [0.2, 0.25) is 6.29 Å². The quantitative estimate of drug-likeness (QED) is 0.0338. The minimum Gasteiger partial charge on any atom is -0.432 e. The Morgan fingerprint density at radius 3 is 1.78 bits per heavy atom. The number of allylic oxidation sites excluding steroid dienone is 2. The highest BCUT2D eigenvalue weighted by Gasteiger charge is 2.73. The minimum atomic E-state index is -2.12. The van der Waals surface area contributed by atoms with Crippen molar-refractivity contribution in [2.75, 3.05) is 26.4 Å². The molecule has 34 atom stereocenters. The van der Waals surface area contributed by atoms with E-state index in [0.29, 0.717) is 44.9 Å². The van der Waals surface area contributed by atoms with E-state index in [0.717, 1.165) is 11.9 Å². The summed E-state index contributed by atoms with van der Waals surface area (Å²) in [5, 5.41) is 175. The molecule has 0 aromatic rings. The van der Waals surface area contributed by atoms with E-state index < -0.39 is 225 Å². The summed E-state index contributed by atoms with van der Waals surface area (Å²) in [6, 6.07) is 0. The molecule has 0 unspecified atom stereocenters. The van der Waals surface area contributed by atoms with Gasteiger partial charge in [-0.3, -0.25) is 4.79 Å². The molecule has 5 heterocycles. The fourth-order valence-corrected chi connectivity index (χ4v) is 17.5. The van der Waals surface area contributed by atoms with Crippen LogP contribution in [-0.2, 0) is 57.0 Å². The smallest absolute Gasteiger partial charge is 0.317 e. The number of hydrogen-bond acceptors (Lipinski definition) is 28. The normalized spacial score (nSPS) is 55.1. The van der Waals surface area contributed by atoms with Crippen molar-refractivity contribution in [2.24, 2.45) is 50.2 Å². The second-order valence-electron chi connectivity index (χ2n) is 28.4. The van der Waals surface area contributed by atoms with Gasteiger partial charge in [-0.1, -0.05) is 53.2 Å². The molecule has 10 rings (SSSR count). The van der Waals surface area contributed by atoms with Crippen LogP contribution in [-0.4, -0.2) is 280 Å². The van der Waals surface area contributed by atoms with Gasteiger partial charge in [-0.2, -0.15) is 0 Å². The first-order chi connectivity index (χ1) is 40.8. The highest BCUT2D eigenvalue weighted by molar-refractivity contribution is 5.80. The molecule has 9 fully saturated rings. The molecule has 0 aromatic heterocycles. The van der Waals surface area contributed by atoms with Crippen molar-refractivity contribution in [1.82, 2.24) is 0 Å². The number of carbonyl (C=O) groups is 2. The van der Waals surface area contributed by atoms with E-state index in [-0.39, 0.29) is 30.1 Å². The fourth-order valence-electron chi connectivity index (χ4n) is 17.5. The predicted molar refractivity (Wildman–Crippen MR) is 290 cm³/mol. The number of ether oxygens (including phenoxy) is 10. The van der Waals surface area contributed by atoms with E-state index in [1.807, 2.05) is 6.92 Å². The topological polar surface area (TPSA) is 450 Å². The van der Waals surface area contributed by atoms with Gasteiger partial charge in [0.05, 0.1) is 50.2 Å². The third kappa shape index (κ3) is 11.2. The first kappa shape index (κ1) is 67.8. The Labute approximate surface area is 503 Å². The van der Waals surface area contributed by atoms with E-state index in [1.165, 1.54) is 6.92 Å². The molecule has 0 spiro atoms. The summed E-state index contributed by atoms with van der Waals surface area (Å²) in [5.41, 5.74) is -4.11. The summed E-state index contributed by atoms with van der Waals surface area (Å²) in [6.07, 6.45) is -37.0. The van der Waals surface area contributed by atoms with Crippen molar-refractivity contribution in [3.05, 3.63) is 11.6 Å². The van der Waals surface area contributed by atoms with Gasteiger partial charge in [-0.05, 0) is 104 Å². The van der Waals surface area contributed by atoms with E-state index in [9.17, 15) is 86.5 Å². The van der Waals surface area contributed by atoms with Crippen LogP contribution in [0.5, 0.6) is 0 Å². The summed E-state index contributed by atoms with van der Waals surface area (Å²) in [7, 11) is 0. The molecule has 0 bridgehead atoms. The summed E-state index contributed by atoms with van der Waals surface area (Å²) < 4.78 is 59.8. The number of aliphatic hydroxyl groups is 16. The Bertz CT molecular complexity index is 2450.